The Balaban J connectivity index is 1.59. The SMILES string of the molecule is COc1ccc(C(C(=O)Nc2ccc(C(C)C)cc2)N(C)C(=O)Cc2c[nH]c3ccccc23)cc1. The molecule has 2 N–H and O–H groups in total. The molecule has 0 spiro atoms. The first-order valence-electron chi connectivity index (χ1n) is 11.7. The average Bonchev–Trinajstić information content (AvgIpc) is 3.27. The Morgan fingerprint density at radius 1 is 0.943 bits per heavy atom. The van der Waals surface area contributed by atoms with Crippen molar-refractivity contribution in [3.05, 3.63) is 95.7 Å². The summed E-state index contributed by atoms with van der Waals surface area (Å²) in [4.78, 5) is 31.6. The minimum Gasteiger partial charge on any atom is -0.497 e. The summed E-state index contributed by atoms with van der Waals surface area (Å²) in [5.41, 5.74) is 4.47. The van der Waals surface area contributed by atoms with Crippen LogP contribution in [0.25, 0.3) is 10.9 Å². The molecule has 6 nitrogen and oxygen atoms in total. The van der Waals surface area contributed by atoms with Crippen LogP contribution in [0.3, 0.4) is 0 Å². The molecule has 3 aromatic carbocycles. The molecule has 0 aliphatic heterocycles. The quantitative estimate of drug-likeness (QED) is 0.349. The van der Waals surface area contributed by atoms with E-state index in [1.807, 2.05) is 66.9 Å². The van der Waals surface area contributed by atoms with Gasteiger partial charge < -0.3 is 19.9 Å². The Bertz CT molecular complexity index is 1310. The van der Waals surface area contributed by atoms with Gasteiger partial charge in [-0.3, -0.25) is 9.59 Å². The molecule has 1 heterocycles. The predicted molar refractivity (Wildman–Crippen MR) is 140 cm³/mol. The van der Waals surface area contributed by atoms with Crippen molar-refractivity contribution in [3.63, 3.8) is 0 Å². The van der Waals surface area contributed by atoms with Gasteiger partial charge in [-0.25, -0.2) is 0 Å². The highest BCUT2D eigenvalue weighted by atomic mass is 16.5. The van der Waals surface area contributed by atoms with Crippen molar-refractivity contribution < 1.29 is 14.3 Å². The molecule has 0 aliphatic rings. The molecule has 0 bridgehead atoms. The second-order valence-corrected chi connectivity index (χ2v) is 8.98. The third kappa shape index (κ3) is 5.38. The fourth-order valence-electron chi connectivity index (χ4n) is 4.21. The van der Waals surface area contributed by atoms with E-state index in [2.05, 4.69) is 24.1 Å². The molecule has 1 atom stereocenters. The Labute approximate surface area is 205 Å². The van der Waals surface area contributed by atoms with E-state index >= 15 is 0 Å². The summed E-state index contributed by atoms with van der Waals surface area (Å²) < 4.78 is 5.27. The molecular formula is C29H31N3O3. The maximum Gasteiger partial charge on any atom is 0.251 e. The fourth-order valence-corrected chi connectivity index (χ4v) is 4.21. The largest absolute Gasteiger partial charge is 0.497 e. The lowest BCUT2D eigenvalue weighted by molar-refractivity contribution is -0.136. The van der Waals surface area contributed by atoms with E-state index in [0.29, 0.717) is 22.9 Å². The zero-order chi connectivity index (χ0) is 24.9. The molecule has 4 aromatic rings. The fraction of sp³-hybridized carbons (Fsp3) is 0.241. The Kier molecular flexibility index (Phi) is 7.20. The number of carbonyl (C=O) groups excluding carboxylic acids is 2. The molecule has 35 heavy (non-hydrogen) atoms. The molecule has 180 valence electrons. The third-order valence-corrected chi connectivity index (χ3v) is 6.32. The smallest absolute Gasteiger partial charge is 0.251 e. The number of hydrogen-bond donors (Lipinski definition) is 2. The van der Waals surface area contributed by atoms with Crippen molar-refractivity contribution in [2.24, 2.45) is 0 Å². The number of aromatic nitrogens is 1. The van der Waals surface area contributed by atoms with Gasteiger partial charge in [0.05, 0.1) is 13.5 Å². The number of carbonyl (C=O) groups is 2. The molecule has 0 radical (unpaired) electrons. The van der Waals surface area contributed by atoms with E-state index in [-0.39, 0.29) is 18.2 Å². The lowest BCUT2D eigenvalue weighted by Crippen LogP contribution is -2.39. The molecule has 4 rings (SSSR count). The number of nitrogens with one attached hydrogen (secondary N) is 2. The van der Waals surface area contributed by atoms with Crippen LogP contribution in [-0.2, 0) is 16.0 Å². The Morgan fingerprint density at radius 3 is 2.26 bits per heavy atom. The lowest BCUT2D eigenvalue weighted by atomic mass is 10.0. The number of amides is 2. The lowest BCUT2D eigenvalue weighted by Gasteiger charge is -2.28. The monoisotopic (exact) mass is 469 g/mol. The third-order valence-electron chi connectivity index (χ3n) is 6.32. The topological polar surface area (TPSA) is 74.4 Å². The summed E-state index contributed by atoms with van der Waals surface area (Å²) in [6.45, 7) is 4.25. The highest BCUT2D eigenvalue weighted by Gasteiger charge is 2.29. The van der Waals surface area contributed by atoms with Crippen LogP contribution in [0.5, 0.6) is 5.75 Å². The van der Waals surface area contributed by atoms with Crippen molar-refractivity contribution in [2.75, 3.05) is 19.5 Å². The van der Waals surface area contributed by atoms with Crippen LogP contribution in [-0.4, -0.2) is 35.9 Å². The molecule has 1 unspecified atom stereocenters. The van der Waals surface area contributed by atoms with E-state index in [9.17, 15) is 9.59 Å². The van der Waals surface area contributed by atoms with Crippen molar-refractivity contribution >= 4 is 28.4 Å². The number of rotatable bonds is 8. The molecule has 1 aromatic heterocycles. The van der Waals surface area contributed by atoms with Gasteiger partial charge in [-0.15, -0.1) is 0 Å². The van der Waals surface area contributed by atoms with Crippen LogP contribution in [0.1, 0.15) is 42.5 Å². The van der Waals surface area contributed by atoms with Gasteiger partial charge in [0, 0.05) is 29.8 Å². The molecule has 6 heteroatoms. The number of nitrogens with zero attached hydrogens (tertiary/aromatic N) is 1. The highest BCUT2D eigenvalue weighted by Crippen LogP contribution is 2.27. The molecule has 0 saturated heterocycles. The van der Waals surface area contributed by atoms with Gasteiger partial charge in [-0.05, 0) is 52.9 Å². The summed E-state index contributed by atoms with van der Waals surface area (Å²) in [6, 6.07) is 22.1. The predicted octanol–water partition coefficient (Wildman–Crippen LogP) is 5.68. The number of anilines is 1. The zero-order valence-electron chi connectivity index (χ0n) is 20.5. The van der Waals surface area contributed by atoms with Gasteiger partial charge in [-0.1, -0.05) is 56.3 Å². The minimum atomic E-state index is -0.802. The maximum absolute atomic E-state index is 13.5. The first-order chi connectivity index (χ1) is 16.9. The van der Waals surface area contributed by atoms with Crippen LogP contribution < -0.4 is 10.1 Å². The van der Waals surface area contributed by atoms with Crippen molar-refractivity contribution in [3.8, 4) is 5.75 Å². The maximum atomic E-state index is 13.5. The summed E-state index contributed by atoms with van der Waals surface area (Å²) in [5, 5.41) is 3.99. The van der Waals surface area contributed by atoms with Crippen LogP contribution in [0.4, 0.5) is 5.69 Å². The van der Waals surface area contributed by atoms with E-state index in [0.717, 1.165) is 16.5 Å². The van der Waals surface area contributed by atoms with Crippen molar-refractivity contribution in [1.82, 2.24) is 9.88 Å². The van der Waals surface area contributed by atoms with Gasteiger partial charge in [0.2, 0.25) is 5.91 Å². The highest BCUT2D eigenvalue weighted by molar-refractivity contribution is 5.98. The van der Waals surface area contributed by atoms with E-state index in [1.165, 1.54) is 10.5 Å². The summed E-state index contributed by atoms with van der Waals surface area (Å²) in [6.07, 6.45) is 2.04. The number of H-pyrrole nitrogens is 1. The van der Waals surface area contributed by atoms with Gasteiger partial charge in [0.25, 0.3) is 5.91 Å². The van der Waals surface area contributed by atoms with Crippen molar-refractivity contribution in [1.29, 1.82) is 0 Å². The number of fused-ring (bicyclic) bond motifs is 1. The Morgan fingerprint density at radius 2 is 1.60 bits per heavy atom. The summed E-state index contributed by atoms with van der Waals surface area (Å²) in [5.74, 6) is 0.660. The normalized spacial score (nSPS) is 11.9. The Hall–Kier alpha value is -4.06. The number of methoxy groups -OCH3 is 1. The number of aromatic amines is 1. The average molecular weight is 470 g/mol. The first-order valence-corrected chi connectivity index (χ1v) is 11.7. The summed E-state index contributed by atoms with van der Waals surface area (Å²) in [7, 11) is 3.27. The zero-order valence-corrected chi connectivity index (χ0v) is 20.5. The van der Waals surface area contributed by atoms with Crippen LogP contribution in [0.2, 0.25) is 0 Å². The van der Waals surface area contributed by atoms with Crippen LogP contribution >= 0.6 is 0 Å². The number of benzene rings is 3. The number of hydrogen-bond acceptors (Lipinski definition) is 3. The standard InChI is InChI=1S/C29H31N3O3/c1-19(2)20-9-13-23(14-10-20)31-29(34)28(21-11-15-24(35-4)16-12-21)32(3)27(33)17-22-18-30-26-8-6-5-7-25(22)26/h5-16,18-19,28,30H,17H2,1-4H3,(H,31,34). The van der Waals surface area contributed by atoms with Crippen LogP contribution in [0, 0.1) is 0 Å². The first kappa shape index (κ1) is 24.1. The molecule has 0 saturated carbocycles. The minimum absolute atomic E-state index is 0.152. The number of likely N-dealkylation sites (N-methyl/N-ethyl adjacent to an activating group) is 1. The van der Waals surface area contributed by atoms with E-state index in [1.54, 1.807) is 26.3 Å². The van der Waals surface area contributed by atoms with Crippen molar-refractivity contribution in [2.45, 2.75) is 32.2 Å². The molecular weight excluding hydrogens is 438 g/mol. The number of para-hydroxylation sites is 1. The van der Waals surface area contributed by atoms with Gasteiger partial charge in [0.1, 0.15) is 11.8 Å². The van der Waals surface area contributed by atoms with E-state index < -0.39 is 6.04 Å². The molecule has 0 aliphatic carbocycles. The number of ether oxygens (including phenoxy) is 1. The van der Waals surface area contributed by atoms with Gasteiger partial charge in [-0.2, -0.15) is 0 Å². The summed E-state index contributed by atoms with van der Waals surface area (Å²) >= 11 is 0. The van der Waals surface area contributed by atoms with Crippen LogP contribution in [0.15, 0.2) is 79.0 Å². The second kappa shape index (κ2) is 10.5. The second-order valence-electron chi connectivity index (χ2n) is 8.98. The van der Waals surface area contributed by atoms with E-state index in [4.69, 9.17) is 4.74 Å². The van der Waals surface area contributed by atoms with Gasteiger partial charge >= 0.3 is 0 Å². The van der Waals surface area contributed by atoms with Gasteiger partial charge in [0.15, 0.2) is 0 Å². The molecule has 0 fully saturated rings. The molecule has 2 amide bonds.